The highest BCUT2D eigenvalue weighted by Crippen LogP contribution is 2.27. The van der Waals surface area contributed by atoms with E-state index in [1.165, 1.54) is 0 Å². The van der Waals surface area contributed by atoms with E-state index in [2.05, 4.69) is 10.6 Å². The van der Waals surface area contributed by atoms with Crippen molar-refractivity contribution < 1.29 is 43.3 Å². The molecule has 0 spiro atoms. The number of carbonyl (C=O) groups excluding carboxylic acids is 5. The number of carboxylic acid groups (broad SMARTS) is 1. The molecule has 0 aromatic carbocycles. The van der Waals surface area contributed by atoms with Gasteiger partial charge in [-0.3, -0.25) is 14.4 Å². The van der Waals surface area contributed by atoms with Crippen molar-refractivity contribution >= 4 is 46.6 Å². The monoisotopic (exact) mass is 404 g/mol. The summed E-state index contributed by atoms with van der Waals surface area (Å²) in [5.74, 6) is -4.97. The van der Waals surface area contributed by atoms with E-state index in [0.29, 0.717) is 11.8 Å². The number of thioether (sulfide) groups is 1. The molecule has 11 nitrogen and oxygen atoms in total. The van der Waals surface area contributed by atoms with E-state index in [9.17, 15) is 28.8 Å². The van der Waals surface area contributed by atoms with E-state index in [1.54, 1.807) is 13.8 Å². The van der Waals surface area contributed by atoms with Gasteiger partial charge < -0.3 is 25.2 Å². The predicted molar refractivity (Wildman–Crippen MR) is 90.4 cm³/mol. The number of rotatable bonds is 7. The van der Waals surface area contributed by atoms with Crippen LogP contribution in [0.4, 0.5) is 0 Å². The van der Waals surface area contributed by atoms with Gasteiger partial charge in [0.05, 0.1) is 0 Å². The SMILES string of the molecule is CC1(C)COC(=O)C(=O)O[C@H]1C(=O)NCCC(=O)NCCSC(=O)C(=O)O. The summed E-state index contributed by atoms with van der Waals surface area (Å²) in [6, 6.07) is 0. The Labute approximate surface area is 158 Å². The Bertz CT molecular complexity index is 647. The highest BCUT2D eigenvalue weighted by molar-refractivity contribution is 8.15. The van der Waals surface area contributed by atoms with Crippen molar-refractivity contribution in [3.8, 4) is 0 Å². The standard InChI is InChI=1S/C15H20N2O9S/c1-15(2)7-25-12(22)13(23)26-9(15)10(19)17-4-3-8(18)16-5-6-27-14(24)11(20)21/h9H,3-7H2,1-2H3,(H,16,18)(H,17,19)(H,20,21)/t9-/m0/s1. The van der Waals surface area contributed by atoms with Gasteiger partial charge in [0, 0.05) is 30.7 Å². The fraction of sp³-hybridized carbons (Fsp3) is 0.600. The van der Waals surface area contributed by atoms with Crippen molar-refractivity contribution in [1.82, 2.24) is 10.6 Å². The molecule has 1 aliphatic rings. The zero-order valence-corrected chi connectivity index (χ0v) is 15.6. The van der Waals surface area contributed by atoms with Gasteiger partial charge in [-0.1, -0.05) is 25.6 Å². The van der Waals surface area contributed by atoms with Gasteiger partial charge in [0.1, 0.15) is 6.61 Å². The predicted octanol–water partition coefficient (Wildman–Crippen LogP) is -1.55. The molecule has 0 bridgehead atoms. The number of hydrogen-bond donors (Lipinski definition) is 3. The van der Waals surface area contributed by atoms with E-state index in [4.69, 9.17) is 14.6 Å². The fourth-order valence-electron chi connectivity index (χ4n) is 1.99. The molecule has 3 N–H and O–H groups in total. The van der Waals surface area contributed by atoms with Crippen LogP contribution in [0.15, 0.2) is 0 Å². The van der Waals surface area contributed by atoms with E-state index < -0.39 is 46.4 Å². The number of aliphatic carboxylic acids is 1. The summed E-state index contributed by atoms with van der Waals surface area (Å²) in [4.78, 5) is 67.7. The molecule has 0 aromatic rings. The second kappa shape index (κ2) is 9.90. The first-order valence-corrected chi connectivity index (χ1v) is 8.85. The lowest BCUT2D eigenvalue weighted by atomic mass is 9.87. The van der Waals surface area contributed by atoms with Gasteiger partial charge in [-0.2, -0.15) is 0 Å². The van der Waals surface area contributed by atoms with Crippen molar-refractivity contribution in [2.24, 2.45) is 5.41 Å². The maximum Gasteiger partial charge on any atom is 0.418 e. The molecule has 0 aliphatic carbocycles. The van der Waals surface area contributed by atoms with Crippen LogP contribution in [-0.4, -0.2) is 71.5 Å². The van der Waals surface area contributed by atoms with Gasteiger partial charge in [0.15, 0.2) is 6.10 Å². The molecule has 1 atom stereocenters. The van der Waals surface area contributed by atoms with Gasteiger partial charge >= 0.3 is 17.9 Å². The lowest BCUT2D eigenvalue weighted by Gasteiger charge is -2.28. The van der Waals surface area contributed by atoms with Crippen LogP contribution in [0.25, 0.3) is 0 Å². The first kappa shape index (κ1) is 22.4. The molecule has 1 saturated heterocycles. The number of carbonyl (C=O) groups is 6. The van der Waals surface area contributed by atoms with Crippen LogP contribution in [0, 0.1) is 5.41 Å². The third-order valence-corrected chi connectivity index (χ3v) is 4.24. The van der Waals surface area contributed by atoms with Crippen molar-refractivity contribution in [3.05, 3.63) is 0 Å². The highest BCUT2D eigenvalue weighted by Gasteiger charge is 2.44. The zero-order chi connectivity index (χ0) is 20.6. The summed E-state index contributed by atoms with van der Waals surface area (Å²) < 4.78 is 9.59. The summed E-state index contributed by atoms with van der Waals surface area (Å²) in [6.45, 7) is 3.04. The normalized spacial score (nSPS) is 18.5. The molecule has 0 radical (unpaired) electrons. The highest BCUT2D eigenvalue weighted by atomic mass is 32.2. The third-order valence-electron chi connectivity index (χ3n) is 3.40. The number of amides is 2. The van der Waals surface area contributed by atoms with Crippen molar-refractivity contribution in [1.29, 1.82) is 0 Å². The molecule has 1 aliphatic heterocycles. The van der Waals surface area contributed by atoms with Crippen LogP contribution < -0.4 is 10.6 Å². The molecule has 1 rings (SSSR count). The lowest BCUT2D eigenvalue weighted by Crippen LogP contribution is -2.47. The maximum absolute atomic E-state index is 12.2. The molecule has 150 valence electrons. The summed E-state index contributed by atoms with van der Waals surface area (Å²) in [5.41, 5.74) is -0.942. The minimum atomic E-state index is -1.55. The van der Waals surface area contributed by atoms with Gasteiger partial charge in [-0.25, -0.2) is 14.4 Å². The van der Waals surface area contributed by atoms with Gasteiger partial charge in [0.25, 0.3) is 11.0 Å². The van der Waals surface area contributed by atoms with Crippen LogP contribution >= 0.6 is 11.8 Å². The molecular weight excluding hydrogens is 384 g/mol. The van der Waals surface area contributed by atoms with Gasteiger partial charge in [-0.05, 0) is 0 Å². The molecule has 1 heterocycles. The van der Waals surface area contributed by atoms with Gasteiger partial charge in [0.2, 0.25) is 5.91 Å². The van der Waals surface area contributed by atoms with Crippen molar-refractivity contribution in [2.75, 3.05) is 25.4 Å². The van der Waals surface area contributed by atoms with E-state index in [0.717, 1.165) is 0 Å². The molecule has 1 fully saturated rings. The lowest BCUT2D eigenvalue weighted by molar-refractivity contribution is -0.168. The summed E-state index contributed by atoms with van der Waals surface area (Å²) in [6.07, 6.45) is -1.34. The topological polar surface area (TPSA) is 165 Å². The largest absolute Gasteiger partial charge is 0.475 e. The minimum Gasteiger partial charge on any atom is -0.475 e. The second-order valence-corrected chi connectivity index (χ2v) is 7.25. The van der Waals surface area contributed by atoms with Crippen molar-refractivity contribution in [3.63, 3.8) is 0 Å². The summed E-state index contributed by atoms with van der Waals surface area (Å²) >= 11 is 0.565. The van der Waals surface area contributed by atoms with Crippen LogP contribution in [-0.2, 0) is 38.2 Å². The number of cyclic esters (lactones) is 2. The number of nitrogens with one attached hydrogen (secondary N) is 2. The zero-order valence-electron chi connectivity index (χ0n) is 14.7. The molecule has 27 heavy (non-hydrogen) atoms. The third kappa shape index (κ3) is 7.25. The number of esters is 2. The fourth-order valence-corrected chi connectivity index (χ4v) is 2.50. The smallest absolute Gasteiger partial charge is 0.418 e. The average Bonchev–Trinajstić information content (AvgIpc) is 2.69. The first-order valence-electron chi connectivity index (χ1n) is 7.87. The summed E-state index contributed by atoms with van der Waals surface area (Å²) in [7, 11) is 0. The Kier molecular flexibility index (Phi) is 8.22. The minimum absolute atomic E-state index is 0.0508. The number of ether oxygens (including phenoxy) is 2. The van der Waals surface area contributed by atoms with E-state index >= 15 is 0 Å². The van der Waals surface area contributed by atoms with Crippen LogP contribution in [0.5, 0.6) is 0 Å². The molecular formula is C15H20N2O9S. The van der Waals surface area contributed by atoms with E-state index in [1.807, 2.05) is 0 Å². The Hall–Kier alpha value is -2.63. The van der Waals surface area contributed by atoms with Crippen LogP contribution in [0.1, 0.15) is 20.3 Å². The van der Waals surface area contributed by atoms with Crippen molar-refractivity contribution in [2.45, 2.75) is 26.4 Å². The van der Waals surface area contributed by atoms with Gasteiger partial charge in [-0.15, -0.1) is 0 Å². The first-order chi connectivity index (χ1) is 12.5. The molecule has 0 aromatic heterocycles. The quantitative estimate of drug-likeness (QED) is 0.257. The number of carboxylic acids is 1. The maximum atomic E-state index is 12.2. The Morgan fingerprint density at radius 2 is 1.81 bits per heavy atom. The summed E-state index contributed by atoms with van der Waals surface area (Å²) in [5, 5.41) is 12.3. The second-order valence-electron chi connectivity index (χ2n) is 6.18. The van der Waals surface area contributed by atoms with E-state index in [-0.39, 0.29) is 31.9 Å². The molecule has 12 heteroatoms. The Morgan fingerprint density at radius 3 is 2.44 bits per heavy atom. The number of hydrogen-bond acceptors (Lipinski definition) is 9. The Balaban J connectivity index is 2.35. The van der Waals surface area contributed by atoms with Crippen LogP contribution in [0.2, 0.25) is 0 Å². The molecule has 0 unspecified atom stereocenters. The van der Waals surface area contributed by atoms with Crippen LogP contribution in [0.3, 0.4) is 0 Å². The average molecular weight is 404 g/mol. The molecule has 2 amide bonds. The Morgan fingerprint density at radius 1 is 1.15 bits per heavy atom. The molecule has 0 saturated carbocycles.